The van der Waals surface area contributed by atoms with Crippen molar-refractivity contribution >= 4 is 16.1 Å². The minimum Gasteiger partial charge on any atom is -0.463 e. The molecule has 0 aliphatic carbocycles. The highest BCUT2D eigenvalue weighted by Gasteiger charge is 2.09. The molecule has 0 rings (SSSR count). The highest BCUT2D eigenvalue weighted by atomic mass is 32.2. The highest BCUT2D eigenvalue weighted by Crippen LogP contribution is 1.99. The van der Waals surface area contributed by atoms with Gasteiger partial charge in [-0.1, -0.05) is 6.92 Å². The van der Waals surface area contributed by atoms with E-state index in [0.29, 0.717) is 0 Å². The summed E-state index contributed by atoms with van der Waals surface area (Å²) in [7, 11) is -3.46. The topological polar surface area (TPSA) is 69.7 Å². The summed E-state index contributed by atoms with van der Waals surface area (Å²) in [6.45, 7) is 3.51. The predicted molar refractivity (Wildman–Crippen MR) is 51.3 cm³/mol. The second-order valence-corrected chi connectivity index (χ2v) is 4.63. The summed E-state index contributed by atoms with van der Waals surface area (Å²) in [5.41, 5.74) is 0. The molecular formula is C8H16O5S. The molecule has 0 heterocycles. The van der Waals surface area contributed by atoms with E-state index in [1.165, 1.54) is 0 Å². The number of carbonyl (C=O) groups excluding carboxylic acids is 1. The molecule has 0 radical (unpaired) electrons. The Morgan fingerprint density at radius 1 is 1.43 bits per heavy atom. The lowest BCUT2D eigenvalue weighted by Gasteiger charge is -2.10. The summed E-state index contributed by atoms with van der Waals surface area (Å²) >= 11 is 0. The van der Waals surface area contributed by atoms with Gasteiger partial charge >= 0.3 is 5.97 Å². The molecule has 14 heavy (non-hydrogen) atoms. The molecule has 0 aromatic heterocycles. The first-order valence-corrected chi connectivity index (χ1v) is 6.20. The summed E-state index contributed by atoms with van der Waals surface area (Å²) in [5, 5.41) is 0. The fraction of sp³-hybridized carbons (Fsp3) is 0.875. The maximum atomic E-state index is 11.0. The van der Waals surface area contributed by atoms with Crippen LogP contribution in [0.4, 0.5) is 0 Å². The molecule has 0 aromatic carbocycles. The zero-order valence-corrected chi connectivity index (χ0v) is 9.46. The number of esters is 1. The van der Waals surface area contributed by atoms with Crippen LogP contribution in [0, 0.1) is 0 Å². The van der Waals surface area contributed by atoms with Crippen molar-refractivity contribution in [1.29, 1.82) is 0 Å². The normalized spacial score (nSPS) is 13.6. The van der Waals surface area contributed by atoms with Gasteiger partial charge in [0.25, 0.3) is 10.1 Å². The van der Waals surface area contributed by atoms with Gasteiger partial charge in [0.1, 0.15) is 0 Å². The standard InChI is InChI=1S/C8H16O5S/c1-4-7(2)13-8(9)5-6-12-14(3,10)11/h7H,4-6H2,1-3H3. The van der Waals surface area contributed by atoms with E-state index in [4.69, 9.17) is 4.74 Å². The van der Waals surface area contributed by atoms with Gasteiger partial charge in [0.05, 0.1) is 25.4 Å². The smallest absolute Gasteiger partial charge is 0.308 e. The van der Waals surface area contributed by atoms with Crippen LogP contribution in [0.3, 0.4) is 0 Å². The third-order valence-electron chi connectivity index (χ3n) is 1.51. The Morgan fingerprint density at radius 3 is 2.43 bits per heavy atom. The lowest BCUT2D eigenvalue weighted by molar-refractivity contribution is -0.148. The van der Waals surface area contributed by atoms with Crippen molar-refractivity contribution in [2.24, 2.45) is 0 Å². The van der Waals surface area contributed by atoms with Crippen LogP contribution in [-0.4, -0.2) is 33.4 Å². The largest absolute Gasteiger partial charge is 0.463 e. The van der Waals surface area contributed by atoms with Crippen LogP contribution in [0.25, 0.3) is 0 Å². The van der Waals surface area contributed by atoms with Crippen LogP contribution in [0.15, 0.2) is 0 Å². The van der Waals surface area contributed by atoms with E-state index in [1.807, 2.05) is 6.92 Å². The van der Waals surface area contributed by atoms with Crippen LogP contribution in [0.2, 0.25) is 0 Å². The van der Waals surface area contributed by atoms with Gasteiger partial charge in [0.2, 0.25) is 0 Å². The van der Waals surface area contributed by atoms with E-state index >= 15 is 0 Å². The SMILES string of the molecule is CCC(C)OC(=O)CCOS(C)(=O)=O. The van der Waals surface area contributed by atoms with Gasteiger partial charge in [0, 0.05) is 0 Å². The Balaban J connectivity index is 3.65. The molecule has 1 atom stereocenters. The van der Waals surface area contributed by atoms with Crippen molar-refractivity contribution in [2.75, 3.05) is 12.9 Å². The number of hydrogen-bond acceptors (Lipinski definition) is 5. The Morgan fingerprint density at radius 2 is 2.00 bits per heavy atom. The highest BCUT2D eigenvalue weighted by molar-refractivity contribution is 7.85. The van der Waals surface area contributed by atoms with Gasteiger partial charge in [-0.3, -0.25) is 8.98 Å². The van der Waals surface area contributed by atoms with Gasteiger partial charge in [-0.25, -0.2) is 0 Å². The molecule has 0 aromatic rings. The summed E-state index contributed by atoms with van der Waals surface area (Å²) in [6.07, 6.45) is 1.49. The average Bonchev–Trinajstić information content (AvgIpc) is 2.01. The molecule has 0 amide bonds. The van der Waals surface area contributed by atoms with E-state index in [-0.39, 0.29) is 19.1 Å². The molecule has 6 heteroatoms. The fourth-order valence-corrected chi connectivity index (χ4v) is 1.03. The summed E-state index contributed by atoms with van der Waals surface area (Å²) in [6, 6.07) is 0. The molecule has 0 spiro atoms. The molecule has 5 nitrogen and oxygen atoms in total. The van der Waals surface area contributed by atoms with Gasteiger partial charge in [-0.05, 0) is 13.3 Å². The molecule has 0 aliphatic heterocycles. The Bertz CT molecular complexity index is 269. The number of carbonyl (C=O) groups is 1. The Hall–Kier alpha value is -0.620. The van der Waals surface area contributed by atoms with Crippen molar-refractivity contribution in [3.05, 3.63) is 0 Å². The van der Waals surface area contributed by atoms with Crippen molar-refractivity contribution in [2.45, 2.75) is 32.8 Å². The Labute approximate surface area is 84.5 Å². The van der Waals surface area contributed by atoms with E-state index in [1.54, 1.807) is 6.92 Å². The zero-order chi connectivity index (χ0) is 11.2. The molecular weight excluding hydrogens is 208 g/mol. The lowest BCUT2D eigenvalue weighted by atomic mass is 10.3. The summed E-state index contributed by atoms with van der Waals surface area (Å²) < 4.78 is 30.3. The molecule has 0 bridgehead atoms. The molecule has 0 saturated heterocycles. The molecule has 0 fully saturated rings. The maximum Gasteiger partial charge on any atom is 0.308 e. The number of ether oxygens (including phenoxy) is 1. The Kier molecular flexibility index (Phi) is 5.71. The molecule has 0 N–H and O–H groups in total. The van der Waals surface area contributed by atoms with Gasteiger partial charge < -0.3 is 4.74 Å². The van der Waals surface area contributed by atoms with Crippen LogP contribution in [0.1, 0.15) is 26.7 Å². The van der Waals surface area contributed by atoms with Crippen LogP contribution < -0.4 is 0 Å². The van der Waals surface area contributed by atoms with E-state index in [0.717, 1.165) is 12.7 Å². The first kappa shape index (κ1) is 13.4. The van der Waals surface area contributed by atoms with Gasteiger partial charge in [-0.2, -0.15) is 8.42 Å². The quantitative estimate of drug-likeness (QED) is 0.490. The van der Waals surface area contributed by atoms with Crippen molar-refractivity contribution in [1.82, 2.24) is 0 Å². The average molecular weight is 224 g/mol. The van der Waals surface area contributed by atoms with Crippen LogP contribution >= 0.6 is 0 Å². The van der Waals surface area contributed by atoms with E-state index in [9.17, 15) is 13.2 Å². The lowest BCUT2D eigenvalue weighted by Crippen LogP contribution is -2.16. The third kappa shape index (κ3) is 8.00. The predicted octanol–water partition coefficient (Wildman–Crippen LogP) is 0.694. The van der Waals surface area contributed by atoms with Crippen molar-refractivity contribution in [3.8, 4) is 0 Å². The fourth-order valence-electron chi connectivity index (χ4n) is 0.643. The number of hydrogen-bond donors (Lipinski definition) is 0. The van der Waals surface area contributed by atoms with Gasteiger partial charge in [-0.15, -0.1) is 0 Å². The maximum absolute atomic E-state index is 11.0. The molecule has 0 saturated carbocycles. The molecule has 84 valence electrons. The van der Waals surface area contributed by atoms with Crippen molar-refractivity contribution in [3.63, 3.8) is 0 Å². The second kappa shape index (κ2) is 5.98. The van der Waals surface area contributed by atoms with Crippen LogP contribution in [-0.2, 0) is 23.8 Å². The number of rotatable bonds is 6. The third-order valence-corrected chi connectivity index (χ3v) is 2.11. The van der Waals surface area contributed by atoms with E-state index < -0.39 is 16.1 Å². The minimum absolute atomic E-state index is 0.0442. The summed E-state index contributed by atoms with van der Waals surface area (Å²) in [4.78, 5) is 11.0. The monoisotopic (exact) mass is 224 g/mol. The van der Waals surface area contributed by atoms with Crippen molar-refractivity contribution < 1.29 is 22.1 Å². The zero-order valence-electron chi connectivity index (χ0n) is 8.65. The summed E-state index contributed by atoms with van der Waals surface area (Å²) in [5.74, 6) is -0.442. The minimum atomic E-state index is -3.46. The van der Waals surface area contributed by atoms with E-state index in [2.05, 4.69) is 4.18 Å². The molecule has 0 aliphatic rings. The molecule has 1 unspecified atom stereocenters. The first-order chi connectivity index (χ1) is 6.35. The van der Waals surface area contributed by atoms with Crippen LogP contribution in [0.5, 0.6) is 0 Å². The first-order valence-electron chi connectivity index (χ1n) is 4.39. The second-order valence-electron chi connectivity index (χ2n) is 2.98. The van der Waals surface area contributed by atoms with Gasteiger partial charge in [0.15, 0.2) is 0 Å².